The minimum absolute atomic E-state index is 0. The summed E-state index contributed by atoms with van der Waals surface area (Å²) in [5, 5.41) is 3.18. The first kappa shape index (κ1) is 9.07. The van der Waals surface area contributed by atoms with Crippen LogP contribution in [0.15, 0.2) is 24.3 Å². The van der Waals surface area contributed by atoms with Gasteiger partial charge in [0.25, 0.3) is 0 Å². The number of ether oxygens (including phenoxy) is 1. The summed E-state index contributed by atoms with van der Waals surface area (Å²) in [6.45, 7) is 2.13. The van der Waals surface area contributed by atoms with Gasteiger partial charge in [-0.05, 0) is 31.7 Å². The second kappa shape index (κ2) is 4.12. The second-order valence-corrected chi connectivity index (χ2v) is 2.78. The lowest BCUT2D eigenvalue weighted by Crippen LogP contribution is -2.11. The van der Waals surface area contributed by atoms with Crippen molar-refractivity contribution in [3.05, 3.63) is 29.8 Å². The molecule has 0 fully saturated rings. The number of hydrogen-bond acceptors (Lipinski definition) is 2. The number of nitrogens with one attached hydrogen (secondary N) is 1. The van der Waals surface area contributed by atoms with E-state index in [4.69, 9.17) is 4.74 Å². The molecule has 0 saturated carbocycles. The summed E-state index contributed by atoms with van der Waals surface area (Å²) in [6, 6.07) is 8.49. The van der Waals surface area contributed by atoms with Crippen LogP contribution in [0, 0.1) is 0 Å². The summed E-state index contributed by atoms with van der Waals surface area (Å²) in [5.41, 5.74) is 1.28. The Kier molecular flexibility index (Phi) is 3.11. The molecule has 1 rings (SSSR count). The van der Waals surface area contributed by atoms with Gasteiger partial charge in [0.2, 0.25) is 0 Å². The standard InChI is InChI=1S/C10H15NO.H2/c1-8(11-2)9-4-6-10(12-3)7-5-9;/h4-8,11H,1-3H3;1H/t8-;/m1./s1. The molecule has 1 atom stereocenters. The molecule has 0 aliphatic carbocycles. The molecule has 1 aromatic rings. The fraction of sp³-hybridized carbons (Fsp3) is 0.400. The first-order valence-corrected chi connectivity index (χ1v) is 4.09. The van der Waals surface area contributed by atoms with E-state index in [1.54, 1.807) is 7.11 Å². The molecule has 0 radical (unpaired) electrons. The van der Waals surface area contributed by atoms with Crippen molar-refractivity contribution in [1.29, 1.82) is 0 Å². The van der Waals surface area contributed by atoms with Crippen molar-refractivity contribution in [2.24, 2.45) is 0 Å². The third-order valence-corrected chi connectivity index (χ3v) is 2.05. The molecule has 0 bridgehead atoms. The van der Waals surface area contributed by atoms with E-state index in [0.717, 1.165) is 5.75 Å². The monoisotopic (exact) mass is 167 g/mol. The molecule has 0 saturated heterocycles. The molecule has 0 spiro atoms. The van der Waals surface area contributed by atoms with E-state index < -0.39 is 0 Å². The van der Waals surface area contributed by atoms with Crippen LogP contribution in [-0.4, -0.2) is 14.2 Å². The van der Waals surface area contributed by atoms with E-state index in [1.807, 2.05) is 19.2 Å². The van der Waals surface area contributed by atoms with Gasteiger partial charge in [0.1, 0.15) is 5.75 Å². The third-order valence-electron chi connectivity index (χ3n) is 2.05. The minimum atomic E-state index is 0. The molecule has 1 aromatic carbocycles. The van der Waals surface area contributed by atoms with Gasteiger partial charge < -0.3 is 10.1 Å². The van der Waals surface area contributed by atoms with Crippen molar-refractivity contribution < 1.29 is 6.16 Å². The van der Waals surface area contributed by atoms with Gasteiger partial charge in [0.15, 0.2) is 0 Å². The molecule has 0 heterocycles. The average molecular weight is 167 g/mol. The number of benzene rings is 1. The Morgan fingerprint density at radius 3 is 2.33 bits per heavy atom. The molecule has 2 nitrogen and oxygen atoms in total. The highest BCUT2D eigenvalue weighted by atomic mass is 16.5. The van der Waals surface area contributed by atoms with Gasteiger partial charge >= 0.3 is 0 Å². The molecule has 0 aliphatic rings. The zero-order valence-electron chi connectivity index (χ0n) is 7.79. The maximum Gasteiger partial charge on any atom is 0.118 e. The van der Waals surface area contributed by atoms with Gasteiger partial charge in [-0.2, -0.15) is 0 Å². The van der Waals surface area contributed by atoms with E-state index in [9.17, 15) is 0 Å². The molecular formula is C10H17NO. The Morgan fingerprint density at radius 2 is 1.92 bits per heavy atom. The van der Waals surface area contributed by atoms with Crippen molar-refractivity contribution in [3.63, 3.8) is 0 Å². The Balaban J connectivity index is 0.00000144. The van der Waals surface area contributed by atoms with Gasteiger partial charge in [-0.15, -0.1) is 0 Å². The minimum Gasteiger partial charge on any atom is -0.497 e. The first-order valence-electron chi connectivity index (χ1n) is 4.09. The molecule has 0 aromatic heterocycles. The van der Waals surface area contributed by atoms with Crippen molar-refractivity contribution in [1.82, 2.24) is 5.32 Å². The van der Waals surface area contributed by atoms with Crippen LogP contribution in [0.4, 0.5) is 0 Å². The van der Waals surface area contributed by atoms with E-state index in [1.165, 1.54) is 5.56 Å². The molecule has 2 heteroatoms. The van der Waals surface area contributed by atoms with E-state index in [-0.39, 0.29) is 1.43 Å². The summed E-state index contributed by atoms with van der Waals surface area (Å²) in [7, 11) is 3.63. The Bertz CT molecular complexity index is 235. The Hall–Kier alpha value is -1.02. The summed E-state index contributed by atoms with van der Waals surface area (Å²) >= 11 is 0. The maximum absolute atomic E-state index is 5.06. The maximum atomic E-state index is 5.06. The summed E-state index contributed by atoms with van der Waals surface area (Å²) in [6.07, 6.45) is 0. The fourth-order valence-electron chi connectivity index (χ4n) is 1.06. The molecule has 12 heavy (non-hydrogen) atoms. The smallest absolute Gasteiger partial charge is 0.118 e. The molecule has 1 N–H and O–H groups in total. The predicted molar refractivity (Wildman–Crippen MR) is 52.6 cm³/mol. The van der Waals surface area contributed by atoms with Crippen LogP contribution < -0.4 is 10.1 Å². The largest absolute Gasteiger partial charge is 0.497 e. The highest BCUT2D eigenvalue weighted by Crippen LogP contribution is 2.16. The van der Waals surface area contributed by atoms with Crippen molar-refractivity contribution in [2.75, 3.05) is 14.2 Å². The van der Waals surface area contributed by atoms with Gasteiger partial charge in [0.05, 0.1) is 7.11 Å². The van der Waals surface area contributed by atoms with E-state index >= 15 is 0 Å². The molecule has 68 valence electrons. The van der Waals surface area contributed by atoms with Gasteiger partial charge in [-0.3, -0.25) is 0 Å². The van der Waals surface area contributed by atoms with Crippen molar-refractivity contribution >= 4 is 0 Å². The zero-order chi connectivity index (χ0) is 8.97. The van der Waals surface area contributed by atoms with Gasteiger partial charge in [-0.1, -0.05) is 12.1 Å². The van der Waals surface area contributed by atoms with Crippen LogP contribution in [0.2, 0.25) is 0 Å². The van der Waals surface area contributed by atoms with Crippen LogP contribution in [0.5, 0.6) is 5.75 Å². The Labute approximate surface area is 75.0 Å². The topological polar surface area (TPSA) is 21.3 Å². The predicted octanol–water partition coefficient (Wildman–Crippen LogP) is 2.22. The normalized spacial score (nSPS) is 12.6. The first-order chi connectivity index (χ1) is 5.77. The Morgan fingerprint density at radius 1 is 1.33 bits per heavy atom. The molecule has 0 aliphatic heterocycles. The lowest BCUT2D eigenvalue weighted by Gasteiger charge is -2.10. The summed E-state index contributed by atoms with van der Waals surface area (Å²) in [5.74, 6) is 0.905. The molecular weight excluding hydrogens is 150 g/mol. The number of hydrogen-bond donors (Lipinski definition) is 1. The van der Waals surface area contributed by atoms with Crippen LogP contribution >= 0.6 is 0 Å². The molecule has 0 unspecified atom stereocenters. The van der Waals surface area contributed by atoms with Crippen LogP contribution in [0.1, 0.15) is 20.0 Å². The highest BCUT2D eigenvalue weighted by Gasteiger charge is 2.00. The van der Waals surface area contributed by atoms with Crippen LogP contribution in [0.25, 0.3) is 0 Å². The summed E-state index contributed by atoms with van der Waals surface area (Å²) in [4.78, 5) is 0. The average Bonchev–Trinajstić information content (AvgIpc) is 2.17. The second-order valence-electron chi connectivity index (χ2n) is 2.78. The lowest BCUT2D eigenvalue weighted by molar-refractivity contribution is 0.414. The quantitative estimate of drug-likeness (QED) is 0.745. The highest BCUT2D eigenvalue weighted by molar-refractivity contribution is 5.28. The zero-order valence-corrected chi connectivity index (χ0v) is 7.79. The SMILES string of the molecule is CN[C@H](C)c1ccc(OC)cc1.[HH]. The summed E-state index contributed by atoms with van der Waals surface area (Å²) < 4.78 is 5.06. The van der Waals surface area contributed by atoms with E-state index in [0.29, 0.717) is 6.04 Å². The fourth-order valence-corrected chi connectivity index (χ4v) is 1.06. The number of methoxy groups -OCH3 is 1. The van der Waals surface area contributed by atoms with Gasteiger partial charge in [-0.25, -0.2) is 0 Å². The van der Waals surface area contributed by atoms with Crippen molar-refractivity contribution in [2.45, 2.75) is 13.0 Å². The van der Waals surface area contributed by atoms with E-state index in [2.05, 4.69) is 24.4 Å². The van der Waals surface area contributed by atoms with Crippen molar-refractivity contribution in [3.8, 4) is 5.75 Å². The lowest BCUT2D eigenvalue weighted by atomic mass is 10.1. The van der Waals surface area contributed by atoms with Gasteiger partial charge in [0, 0.05) is 7.47 Å². The third kappa shape index (κ3) is 1.98. The van der Waals surface area contributed by atoms with Crippen LogP contribution in [0.3, 0.4) is 0 Å². The number of rotatable bonds is 3. The molecule has 0 amide bonds. The van der Waals surface area contributed by atoms with Crippen LogP contribution in [-0.2, 0) is 0 Å².